The van der Waals surface area contributed by atoms with Crippen molar-refractivity contribution in [1.29, 1.82) is 0 Å². The molecule has 8 nitrogen and oxygen atoms in total. The van der Waals surface area contributed by atoms with Crippen LogP contribution in [0.3, 0.4) is 0 Å². The lowest BCUT2D eigenvalue weighted by Crippen LogP contribution is -2.25. The number of amides is 1. The first kappa shape index (κ1) is 18.1. The molecule has 0 bridgehead atoms. The molecule has 0 aliphatic carbocycles. The molecule has 0 saturated carbocycles. The van der Waals surface area contributed by atoms with E-state index in [4.69, 9.17) is 29.8 Å². The summed E-state index contributed by atoms with van der Waals surface area (Å²) < 4.78 is 20.7. The third-order valence-electron chi connectivity index (χ3n) is 1.90. The molecule has 0 rings (SSSR count). The normalized spacial score (nSPS) is 10.6. The first-order valence-electron chi connectivity index (χ1n) is 6.25. The van der Waals surface area contributed by atoms with Gasteiger partial charge in [-0.1, -0.05) is 0 Å². The molecule has 0 radical (unpaired) electrons. The number of carboxylic acid groups (broad SMARTS) is 1. The van der Waals surface area contributed by atoms with E-state index in [9.17, 15) is 4.79 Å². The molecule has 0 unspecified atom stereocenters. The van der Waals surface area contributed by atoms with Gasteiger partial charge in [0, 0.05) is 13.1 Å². The van der Waals surface area contributed by atoms with Crippen LogP contribution in [0.2, 0.25) is 0 Å². The quantitative estimate of drug-likeness (QED) is 0.360. The van der Waals surface area contributed by atoms with Crippen LogP contribution in [-0.2, 0) is 18.9 Å². The van der Waals surface area contributed by atoms with Gasteiger partial charge in [-0.05, 0) is 0 Å². The molecule has 0 saturated heterocycles. The van der Waals surface area contributed by atoms with Gasteiger partial charge in [0.25, 0.3) is 0 Å². The van der Waals surface area contributed by atoms with E-state index in [1.54, 1.807) is 0 Å². The van der Waals surface area contributed by atoms with Crippen molar-refractivity contribution >= 4 is 6.09 Å². The van der Waals surface area contributed by atoms with Crippen LogP contribution < -0.4 is 11.1 Å². The van der Waals surface area contributed by atoms with Gasteiger partial charge in [-0.3, -0.25) is 0 Å². The van der Waals surface area contributed by atoms with Crippen molar-refractivity contribution in [1.82, 2.24) is 5.32 Å². The van der Waals surface area contributed by atoms with E-state index < -0.39 is 6.09 Å². The Hall–Kier alpha value is -0.930. The largest absolute Gasteiger partial charge is 0.465 e. The van der Waals surface area contributed by atoms with E-state index in [1.807, 2.05) is 0 Å². The summed E-state index contributed by atoms with van der Waals surface area (Å²) in [6.07, 6.45) is -1.05. The Morgan fingerprint density at radius 1 is 0.842 bits per heavy atom. The molecule has 0 fully saturated rings. The number of carbonyl (C=O) groups is 1. The van der Waals surface area contributed by atoms with E-state index in [1.165, 1.54) is 0 Å². The van der Waals surface area contributed by atoms with E-state index in [2.05, 4.69) is 5.32 Å². The summed E-state index contributed by atoms with van der Waals surface area (Å²) in [5, 5.41) is 10.5. The van der Waals surface area contributed by atoms with Crippen LogP contribution in [0.1, 0.15) is 0 Å². The van der Waals surface area contributed by atoms with Gasteiger partial charge < -0.3 is 35.1 Å². The molecule has 0 aromatic rings. The lowest BCUT2D eigenvalue weighted by atomic mass is 10.6. The minimum Gasteiger partial charge on any atom is -0.465 e. The van der Waals surface area contributed by atoms with Gasteiger partial charge in [-0.2, -0.15) is 0 Å². The van der Waals surface area contributed by atoms with E-state index in [0.717, 1.165) is 0 Å². The first-order valence-corrected chi connectivity index (χ1v) is 6.25. The van der Waals surface area contributed by atoms with Crippen LogP contribution >= 0.6 is 0 Å². The van der Waals surface area contributed by atoms with Gasteiger partial charge in [0.15, 0.2) is 0 Å². The Bertz CT molecular complexity index is 206. The zero-order valence-electron chi connectivity index (χ0n) is 11.1. The number of nitrogens with one attached hydrogen (secondary N) is 1. The van der Waals surface area contributed by atoms with Crippen molar-refractivity contribution in [2.45, 2.75) is 0 Å². The number of hydrogen-bond donors (Lipinski definition) is 3. The van der Waals surface area contributed by atoms with Crippen LogP contribution in [-0.4, -0.2) is 77.1 Å². The Morgan fingerprint density at radius 2 is 1.26 bits per heavy atom. The lowest BCUT2D eigenvalue weighted by molar-refractivity contribution is -0.000563. The summed E-state index contributed by atoms with van der Waals surface area (Å²) in [7, 11) is 0. The number of ether oxygens (including phenoxy) is 4. The van der Waals surface area contributed by atoms with E-state index in [-0.39, 0.29) is 6.54 Å². The molecule has 0 aliphatic rings. The summed E-state index contributed by atoms with van der Waals surface area (Å²) in [4.78, 5) is 10.1. The van der Waals surface area contributed by atoms with Crippen LogP contribution in [0, 0.1) is 0 Å². The predicted octanol–water partition coefficient (Wildman–Crippen LogP) is -0.721. The van der Waals surface area contributed by atoms with Gasteiger partial charge >= 0.3 is 6.09 Å². The molecule has 0 heterocycles. The van der Waals surface area contributed by atoms with Crippen molar-refractivity contribution in [2.75, 3.05) is 65.9 Å². The highest BCUT2D eigenvalue weighted by Gasteiger charge is 1.94. The minimum absolute atomic E-state index is 0.279. The standard InChI is InChI=1S/C11H24N2O6/c12-1-3-16-5-7-18-9-10-19-8-6-17-4-2-13-11(14)15/h13H,1-10,12H2,(H,14,15). The Labute approximate surface area is 113 Å². The van der Waals surface area contributed by atoms with Crippen LogP contribution in [0.15, 0.2) is 0 Å². The Balaban J connectivity index is 2.93. The van der Waals surface area contributed by atoms with Crippen molar-refractivity contribution in [2.24, 2.45) is 5.73 Å². The molecule has 1 amide bonds. The van der Waals surface area contributed by atoms with Crippen LogP contribution in [0.25, 0.3) is 0 Å². The second kappa shape index (κ2) is 15.1. The molecule has 0 aromatic carbocycles. The summed E-state index contributed by atoms with van der Waals surface area (Å²) in [6, 6.07) is 0. The van der Waals surface area contributed by atoms with Crippen LogP contribution in [0.4, 0.5) is 4.79 Å². The van der Waals surface area contributed by atoms with E-state index in [0.29, 0.717) is 59.4 Å². The number of rotatable bonds is 14. The van der Waals surface area contributed by atoms with Gasteiger partial charge in [0.05, 0.1) is 52.9 Å². The van der Waals surface area contributed by atoms with Gasteiger partial charge in [0.1, 0.15) is 0 Å². The van der Waals surface area contributed by atoms with Crippen molar-refractivity contribution in [3.8, 4) is 0 Å². The molecule has 0 atom stereocenters. The second-order valence-corrected chi connectivity index (χ2v) is 3.47. The van der Waals surface area contributed by atoms with Gasteiger partial charge in [0.2, 0.25) is 0 Å². The maximum absolute atomic E-state index is 10.1. The van der Waals surface area contributed by atoms with E-state index >= 15 is 0 Å². The molecule has 8 heteroatoms. The third-order valence-corrected chi connectivity index (χ3v) is 1.90. The third kappa shape index (κ3) is 17.1. The van der Waals surface area contributed by atoms with Crippen molar-refractivity contribution in [3.05, 3.63) is 0 Å². The fraction of sp³-hybridized carbons (Fsp3) is 0.909. The average Bonchev–Trinajstić information content (AvgIpc) is 2.39. The summed E-state index contributed by atoms with van der Waals surface area (Å²) in [6.45, 7) is 4.64. The topological polar surface area (TPSA) is 112 Å². The van der Waals surface area contributed by atoms with Crippen LogP contribution in [0.5, 0.6) is 0 Å². The average molecular weight is 280 g/mol. The second-order valence-electron chi connectivity index (χ2n) is 3.47. The fourth-order valence-corrected chi connectivity index (χ4v) is 1.08. The first-order chi connectivity index (χ1) is 9.27. The van der Waals surface area contributed by atoms with Gasteiger partial charge in [-0.25, -0.2) is 4.79 Å². The zero-order valence-corrected chi connectivity index (χ0v) is 11.1. The predicted molar refractivity (Wildman–Crippen MR) is 68.4 cm³/mol. The molecule has 114 valence electrons. The number of hydrogen-bond acceptors (Lipinski definition) is 6. The molecule has 0 spiro atoms. The Kier molecular flexibility index (Phi) is 14.4. The monoisotopic (exact) mass is 280 g/mol. The highest BCUT2D eigenvalue weighted by molar-refractivity contribution is 5.64. The zero-order chi connectivity index (χ0) is 14.2. The highest BCUT2D eigenvalue weighted by Crippen LogP contribution is 1.82. The summed E-state index contributed by atoms with van der Waals surface area (Å²) >= 11 is 0. The minimum atomic E-state index is -1.05. The molecule has 19 heavy (non-hydrogen) atoms. The summed E-state index contributed by atoms with van der Waals surface area (Å²) in [5.41, 5.74) is 5.25. The maximum atomic E-state index is 10.1. The molecule has 0 aliphatic heterocycles. The highest BCUT2D eigenvalue weighted by atomic mass is 16.6. The van der Waals surface area contributed by atoms with Crippen molar-refractivity contribution < 1.29 is 28.8 Å². The molecular weight excluding hydrogens is 256 g/mol. The van der Waals surface area contributed by atoms with Gasteiger partial charge in [-0.15, -0.1) is 0 Å². The molecular formula is C11H24N2O6. The molecule has 0 aromatic heterocycles. The Morgan fingerprint density at radius 3 is 1.68 bits per heavy atom. The fourth-order valence-electron chi connectivity index (χ4n) is 1.08. The number of nitrogens with two attached hydrogens (primary N) is 1. The van der Waals surface area contributed by atoms with Crippen molar-refractivity contribution in [3.63, 3.8) is 0 Å². The lowest BCUT2D eigenvalue weighted by Gasteiger charge is -2.07. The smallest absolute Gasteiger partial charge is 0.404 e. The SMILES string of the molecule is NCCOCCOCCOCCOCCNC(=O)O. The maximum Gasteiger partial charge on any atom is 0.404 e. The summed E-state index contributed by atoms with van der Waals surface area (Å²) in [5.74, 6) is 0. The molecule has 4 N–H and O–H groups in total.